The Morgan fingerprint density at radius 1 is 1.00 bits per heavy atom. The van der Waals surface area contributed by atoms with E-state index in [0.717, 1.165) is 23.0 Å². The van der Waals surface area contributed by atoms with E-state index >= 15 is 0 Å². The predicted octanol–water partition coefficient (Wildman–Crippen LogP) is 4.63. The van der Waals surface area contributed by atoms with Gasteiger partial charge in [-0.3, -0.25) is 4.90 Å². The standard InChI is InChI=1S/C22H23NO3/c1-22(2,3)26-21(25)23-19(17-12-8-5-9-13-17)14-18(20(23)15-24)16-10-6-4-7-11-16/h4-15,19-20H,1-3H3. The Morgan fingerprint density at radius 3 is 2.12 bits per heavy atom. The minimum atomic E-state index is -0.683. The summed E-state index contributed by atoms with van der Waals surface area (Å²) in [6, 6.07) is 18.3. The molecule has 2 atom stereocenters. The summed E-state index contributed by atoms with van der Waals surface area (Å²) < 4.78 is 5.58. The average Bonchev–Trinajstić information content (AvgIpc) is 3.01. The number of hydrogen-bond acceptors (Lipinski definition) is 3. The molecule has 2 unspecified atom stereocenters. The van der Waals surface area contributed by atoms with E-state index in [1.165, 1.54) is 4.90 Å². The van der Waals surface area contributed by atoms with Gasteiger partial charge in [0.05, 0.1) is 6.04 Å². The van der Waals surface area contributed by atoms with E-state index in [0.29, 0.717) is 0 Å². The van der Waals surface area contributed by atoms with Crippen molar-refractivity contribution in [3.63, 3.8) is 0 Å². The zero-order chi connectivity index (χ0) is 18.7. The van der Waals surface area contributed by atoms with Crippen LogP contribution in [-0.4, -0.2) is 28.9 Å². The Bertz CT molecular complexity index is 806. The lowest BCUT2D eigenvalue weighted by molar-refractivity contribution is -0.111. The van der Waals surface area contributed by atoms with Gasteiger partial charge in [-0.15, -0.1) is 0 Å². The number of carbonyl (C=O) groups excluding carboxylic acids is 2. The molecule has 1 aliphatic heterocycles. The van der Waals surface area contributed by atoms with Gasteiger partial charge in [0.2, 0.25) is 0 Å². The first-order valence-electron chi connectivity index (χ1n) is 8.69. The van der Waals surface area contributed by atoms with Crippen LogP contribution < -0.4 is 0 Å². The van der Waals surface area contributed by atoms with Crippen LogP contribution in [0.4, 0.5) is 4.79 Å². The summed E-state index contributed by atoms with van der Waals surface area (Å²) in [5.41, 5.74) is 2.05. The number of benzene rings is 2. The number of hydrogen-bond donors (Lipinski definition) is 0. The molecular weight excluding hydrogens is 326 g/mol. The van der Waals surface area contributed by atoms with E-state index < -0.39 is 17.7 Å². The third-order valence-corrected chi connectivity index (χ3v) is 4.24. The van der Waals surface area contributed by atoms with Gasteiger partial charge < -0.3 is 9.53 Å². The molecule has 26 heavy (non-hydrogen) atoms. The maximum atomic E-state index is 12.9. The molecule has 0 fully saturated rings. The molecule has 3 rings (SSSR count). The zero-order valence-electron chi connectivity index (χ0n) is 15.3. The lowest BCUT2D eigenvalue weighted by atomic mass is 10.0. The van der Waals surface area contributed by atoms with Crippen LogP contribution >= 0.6 is 0 Å². The minimum absolute atomic E-state index is 0.351. The highest BCUT2D eigenvalue weighted by Gasteiger charge is 2.41. The maximum Gasteiger partial charge on any atom is 0.411 e. The van der Waals surface area contributed by atoms with E-state index in [4.69, 9.17) is 4.74 Å². The maximum absolute atomic E-state index is 12.9. The summed E-state index contributed by atoms with van der Waals surface area (Å²) in [7, 11) is 0. The molecule has 0 N–H and O–H groups in total. The number of nitrogens with zero attached hydrogens (tertiary/aromatic N) is 1. The van der Waals surface area contributed by atoms with Gasteiger partial charge in [0, 0.05) is 0 Å². The first kappa shape index (κ1) is 17.9. The van der Waals surface area contributed by atoms with Crippen molar-refractivity contribution < 1.29 is 14.3 Å². The van der Waals surface area contributed by atoms with Crippen molar-refractivity contribution in [3.05, 3.63) is 77.9 Å². The van der Waals surface area contributed by atoms with Gasteiger partial charge in [0.15, 0.2) is 0 Å². The molecule has 0 radical (unpaired) electrons. The lowest BCUT2D eigenvalue weighted by Crippen LogP contribution is -2.43. The molecule has 4 nitrogen and oxygen atoms in total. The van der Waals surface area contributed by atoms with Crippen LogP contribution in [0.3, 0.4) is 0 Å². The molecule has 2 aromatic rings. The summed E-state index contributed by atoms with van der Waals surface area (Å²) in [4.78, 5) is 26.4. The van der Waals surface area contributed by atoms with E-state index in [-0.39, 0.29) is 6.04 Å². The van der Waals surface area contributed by atoms with E-state index in [1.807, 2.05) is 87.5 Å². The molecule has 0 saturated heterocycles. The topological polar surface area (TPSA) is 46.6 Å². The average molecular weight is 349 g/mol. The molecule has 1 aliphatic rings. The monoisotopic (exact) mass is 349 g/mol. The Balaban J connectivity index is 2.05. The van der Waals surface area contributed by atoms with Gasteiger partial charge in [-0.05, 0) is 37.5 Å². The normalized spacial score (nSPS) is 19.8. The van der Waals surface area contributed by atoms with Crippen molar-refractivity contribution in [3.8, 4) is 0 Å². The second-order valence-corrected chi connectivity index (χ2v) is 7.31. The Morgan fingerprint density at radius 2 is 1.58 bits per heavy atom. The van der Waals surface area contributed by atoms with Gasteiger partial charge in [0.25, 0.3) is 0 Å². The number of carbonyl (C=O) groups is 2. The van der Waals surface area contributed by atoms with Crippen LogP contribution in [0.2, 0.25) is 0 Å². The number of aldehydes is 1. The van der Waals surface area contributed by atoms with Crippen molar-refractivity contribution >= 4 is 18.0 Å². The molecule has 1 heterocycles. The Hall–Kier alpha value is -2.88. The first-order chi connectivity index (χ1) is 12.4. The summed E-state index contributed by atoms with van der Waals surface area (Å²) >= 11 is 0. The SMILES string of the molecule is CC(C)(C)OC(=O)N1C(C=O)C(c2ccccc2)=CC1c1ccccc1. The van der Waals surface area contributed by atoms with Crippen LogP contribution in [0, 0.1) is 0 Å². The van der Waals surface area contributed by atoms with Gasteiger partial charge in [-0.25, -0.2) is 4.79 Å². The van der Waals surface area contributed by atoms with Crippen LogP contribution in [0.15, 0.2) is 66.7 Å². The zero-order valence-corrected chi connectivity index (χ0v) is 15.3. The van der Waals surface area contributed by atoms with Crippen LogP contribution in [-0.2, 0) is 9.53 Å². The van der Waals surface area contributed by atoms with E-state index in [9.17, 15) is 9.59 Å². The number of rotatable bonds is 3. The van der Waals surface area contributed by atoms with Gasteiger partial charge >= 0.3 is 6.09 Å². The van der Waals surface area contributed by atoms with Crippen molar-refractivity contribution in [2.24, 2.45) is 0 Å². The fourth-order valence-corrected chi connectivity index (χ4v) is 3.16. The molecule has 2 aromatic carbocycles. The lowest BCUT2D eigenvalue weighted by Gasteiger charge is -2.31. The number of ether oxygens (including phenoxy) is 1. The Kier molecular flexibility index (Phi) is 4.94. The molecule has 0 aliphatic carbocycles. The van der Waals surface area contributed by atoms with E-state index in [1.54, 1.807) is 0 Å². The van der Waals surface area contributed by atoms with Crippen molar-refractivity contribution in [1.29, 1.82) is 0 Å². The largest absolute Gasteiger partial charge is 0.444 e. The number of amides is 1. The highest BCUT2D eigenvalue weighted by molar-refractivity contribution is 5.92. The third-order valence-electron chi connectivity index (χ3n) is 4.24. The first-order valence-corrected chi connectivity index (χ1v) is 8.69. The molecule has 0 aromatic heterocycles. The smallest absolute Gasteiger partial charge is 0.411 e. The minimum Gasteiger partial charge on any atom is -0.444 e. The molecule has 0 spiro atoms. The molecule has 0 bridgehead atoms. The van der Waals surface area contributed by atoms with Gasteiger partial charge in [-0.1, -0.05) is 66.7 Å². The van der Waals surface area contributed by atoms with E-state index in [2.05, 4.69) is 0 Å². The third kappa shape index (κ3) is 3.69. The fraction of sp³-hybridized carbons (Fsp3) is 0.273. The summed E-state index contributed by atoms with van der Waals surface area (Å²) in [5, 5.41) is 0. The highest BCUT2D eigenvalue weighted by atomic mass is 16.6. The van der Waals surface area contributed by atoms with Crippen molar-refractivity contribution in [2.75, 3.05) is 0 Å². The van der Waals surface area contributed by atoms with Gasteiger partial charge in [-0.2, -0.15) is 0 Å². The highest BCUT2D eigenvalue weighted by Crippen LogP contribution is 2.39. The van der Waals surface area contributed by atoms with Crippen molar-refractivity contribution in [2.45, 2.75) is 38.5 Å². The summed E-state index contributed by atoms with van der Waals surface area (Å²) in [6.07, 6.45) is 2.30. The quantitative estimate of drug-likeness (QED) is 0.759. The fourth-order valence-electron chi connectivity index (χ4n) is 3.16. The second kappa shape index (κ2) is 7.16. The Labute approximate surface area is 154 Å². The molecule has 0 saturated carbocycles. The van der Waals surface area contributed by atoms with Crippen LogP contribution in [0.1, 0.15) is 37.9 Å². The predicted molar refractivity (Wildman–Crippen MR) is 102 cm³/mol. The van der Waals surface area contributed by atoms with Crippen LogP contribution in [0.5, 0.6) is 0 Å². The van der Waals surface area contributed by atoms with Gasteiger partial charge in [0.1, 0.15) is 17.9 Å². The molecular formula is C22H23NO3. The van der Waals surface area contributed by atoms with Crippen molar-refractivity contribution in [1.82, 2.24) is 4.90 Å². The molecule has 134 valence electrons. The van der Waals surface area contributed by atoms with Crippen LogP contribution in [0.25, 0.3) is 5.57 Å². The molecule has 1 amide bonds. The summed E-state index contributed by atoms with van der Waals surface area (Å²) in [5.74, 6) is 0. The second-order valence-electron chi connectivity index (χ2n) is 7.31. The summed E-state index contributed by atoms with van der Waals surface area (Å²) in [6.45, 7) is 5.46. The molecule has 4 heteroatoms.